The molecule has 1 aliphatic carbocycles. The monoisotopic (exact) mass is 509 g/mol. The predicted molar refractivity (Wildman–Crippen MR) is 125 cm³/mol. The number of hydrogen-bond acceptors (Lipinski definition) is 7. The Hall–Kier alpha value is -2.69. The third kappa shape index (κ3) is 7.41. The van der Waals surface area contributed by atoms with E-state index in [4.69, 9.17) is 9.15 Å². The second-order valence-corrected chi connectivity index (χ2v) is 9.86. The summed E-state index contributed by atoms with van der Waals surface area (Å²) in [6, 6.07) is 3.57. The van der Waals surface area contributed by atoms with Gasteiger partial charge in [0.1, 0.15) is 6.42 Å². The van der Waals surface area contributed by atoms with Crippen LogP contribution in [0.15, 0.2) is 16.5 Å². The van der Waals surface area contributed by atoms with Crippen molar-refractivity contribution in [3.63, 3.8) is 0 Å². The van der Waals surface area contributed by atoms with Gasteiger partial charge in [0.05, 0.1) is 0 Å². The molecule has 0 saturated heterocycles. The zero-order chi connectivity index (χ0) is 25.7. The number of pyridine rings is 1. The van der Waals surface area contributed by atoms with Crippen molar-refractivity contribution in [2.45, 2.75) is 83.5 Å². The van der Waals surface area contributed by atoms with Gasteiger partial charge in [-0.1, -0.05) is 6.07 Å². The van der Waals surface area contributed by atoms with E-state index in [1.807, 2.05) is 6.07 Å². The van der Waals surface area contributed by atoms with E-state index >= 15 is 0 Å². The smallest absolute Gasteiger partial charge is 0.425 e. The number of carbonyl (C=O) groups is 1. The van der Waals surface area contributed by atoms with Crippen LogP contribution in [0, 0.1) is 12.8 Å². The van der Waals surface area contributed by atoms with E-state index in [1.54, 1.807) is 6.92 Å². The Kier molecular flexibility index (Phi) is 8.48. The van der Waals surface area contributed by atoms with Gasteiger partial charge in [-0.05, 0) is 63.5 Å². The molecule has 8 nitrogen and oxygen atoms in total. The first-order valence-corrected chi connectivity index (χ1v) is 12.7. The van der Waals surface area contributed by atoms with E-state index in [0.29, 0.717) is 24.1 Å². The molecule has 1 aliphatic heterocycles. The van der Waals surface area contributed by atoms with E-state index < -0.39 is 12.3 Å². The minimum absolute atomic E-state index is 0.0306. The van der Waals surface area contributed by atoms with E-state index in [2.05, 4.69) is 25.4 Å². The molecule has 11 heteroatoms. The number of nitrogens with one attached hydrogen (secondary N) is 1. The highest BCUT2D eigenvalue weighted by Gasteiger charge is 2.38. The highest BCUT2D eigenvalue weighted by molar-refractivity contribution is 5.77. The van der Waals surface area contributed by atoms with Gasteiger partial charge < -0.3 is 19.4 Å². The van der Waals surface area contributed by atoms with E-state index in [1.165, 1.54) is 6.07 Å². The normalized spacial score (nSPS) is 21.9. The van der Waals surface area contributed by atoms with Gasteiger partial charge in [-0.15, -0.1) is 10.2 Å². The lowest BCUT2D eigenvalue weighted by Crippen LogP contribution is -2.39. The van der Waals surface area contributed by atoms with Crippen LogP contribution in [0.2, 0.25) is 0 Å². The molecule has 198 valence electrons. The van der Waals surface area contributed by atoms with Gasteiger partial charge in [0.15, 0.2) is 6.10 Å². The Balaban J connectivity index is 1.17. The van der Waals surface area contributed by atoms with Crippen LogP contribution >= 0.6 is 0 Å². The maximum absolute atomic E-state index is 12.8. The fraction of sp³-hybridized carbons (Fsp3) is 0.680. The number of ether oxygens (including phenoxy) is 1. The summed E-state index contributed by atoms with van der Waals surface area (Å²) in [7, 11) is 0. The van der Waals surface area contributed by atoms with Crippen molar-refractivity contribution < 1.29 is 27.1 Å². The Morgan fingerprint density at radius 2 is 1.94 bits per heavy atom. The molecule has 0 aromatic carbocycles. The number of carbonyl (C=O) groups excluding carboxylic acids is 1. The molecule has 0 radical (unpaired) electrons. The van der Waals surface area contributed by atoms with Crippen molar-refractivity contribution in [1.82, 2.24) is 25.4 Å². The largest absolute Gasteiger partial charge is 0.465 e. The average Bonchev–Trinajstić information content (AvgIpc) is 3.12. The fourth-order valence-electron chi connectivity index (χ4n) is 4.93. The zero-order valence-corrected chi connectivity index (χ0v) is 20.8. The van der Waals surface area contributed by atoms with Crippen LogP contribution in [0.5, 0.6) is 5.88 Å². The van der Waals surface area contributed by atoms with Gasteiger partial charge in [0.2, 0.25) is 23.6 Å². The lowest BCUT2D eigenvalue weighted by Gasteiger charge is -2.30. The summed E-state index contributed by atoms with van der Waals surface area (Å²) in [6.45, 7) is 5.42. The summed E-state index contributed by atoms with van der Waals surface area (Å²) >= 11 is 0. The number of fused-ring (bicyclic) bond motifs is 1. The first kappa shape index (κ1) is 26.4. The molecule has 0 bridgehead atoms. The number of nitrogens with zero attached hydrogens (tertiary/aromatic N) is 4. The van der Waals surface area contributed by atoms with Crippen LogP contribution in [-0.4, -0.2) is 63.9 Å². The molecule has 1 amide bonds. The minimum atomic E-state index is -4.41. The maximum atomic E-state index is 12.8. The lowest BCUT2D eigenvalue weighted by molar-refractivity contribution is -0.190. The molecule has 2 aromatic heterocycles. The van der Waals surface area contributed by atoms with Gasteiger partial charge in [-0.25, -0.2) is 4.98 Å². The molecule has 1 fully saturated rings. The van der Waals surface area contributed by atoms with Crippen molar-refractivity contribution >= 4 is 5.91 Å². The topological polar surface area (TPSA) is 93.4 Å². The molecular weight excluding hydrogens is 475 g/mol. The number of hydrogen-bond donors (Lipinski definition) is 1. The quantitative estimate of drug-likeness (QED) is 0.578. The van der Waals surface area contributed by atoms with Crippen molar-refractivity contribution in [2.75, 3.05) is 19.6 Å². The zero-order valence-electron chi connectivity index (χ0n) is 20.8. The van der Waals surface area contributed by atoms with Crippen molar-refractivity contribution in [3.8, 4) is 5.88 Å². The number of rotatable bonds is 8. The number of aryl methyl sites for hydroxylation is 1. The van der Waals surface area contributed by atoms with Crippen molar-refractivity contribution in [2.24, 2.45) is 5.92 Å². The first-order chi connectivity index (χ1) is 17.2. The molecule has 0 spiro atoms. The van der Waals surface area contributed by atoms with Gasteiger partial charge in [0.25, 0.3) is 0 Å². The van der Waals surface area contributed by atoms with Crippen molar-refractivity contribution in [1.29, 1.82) is 0 Å². The van der Waals surface area contributed by atoms with E-state index in [9.17, 15) is 18.0 Å². The van der Waals surface area contributed by atoms with Crippen LogP contribution < -0.4 is 10.1 Å². The van der Waals surface area contributed by atoms with Gasteiger partial charge in [0, 0.05) is 44.2 Å². The van der Waals surface area contributed by atoms with E-state index in [-0.39, 0.29) is 24.2 Å². The van der Waals surface area contributed by atoms with Gasteiger partial charge in [-0.3, -0.25) is 4.79 Å². The third-order valence-corrected chi connectivity index (χ3v) is 7.11. The third-order valence-electron chi connectivity index (χ3n) is 7.11. The summed E-state index contributed by atoms with van der Waals surface area (Å²) in [5.74, 6) is 1.37. The molecule has 1 saturated carbocycles. The second kappa shape index (κ2) is 11.6. The number of amides is 1. The first-order valence-electron chi connectivity index (χ1n) is 12.7. The Morgan fingerprint density at radius 3 is 2.64 bits per heavy atom. The number of alkyl halides is 3. The minimum Gasteiger partial charge on any atom is -0.465 e. The van der Waals surface area contributed by atoms with Crippen LogP contribution in [0.25, 0.3) is 0 Å². The van der Waals surface area contributed by atoms with Gasteiger partial charge in [-0.2, -0.15) is 13.2 Å². The molecule has 1 atom stereocenters. The SMILES string of the molecule is Cc1nnc(CC(=O)N[C@H]2CC[C@H](CCN3CCc4ccc(O[C@@H](C)C(F)(F)F)nc4CC3)CC2)o1. The Bertz CT molecular complexity index is 1020. The maximum Gasteiger partial charge on any atom is 0.425 e. The molecule has 1 N–H and O–H groups in total. The average molecular weight is 510 g/mol. The summed E-state index contributed by atoms with van der Waals surface area (Å²) in [6.07, 6.45) is 0.539. The molecule has 2 aromatic rings. The number of aromatic nitrogens is 3. The molecule has 3 heterocycles. The van der Waals surface area contributed by atoms with E-state index in [0.717, 1.165) is 76.3 Å². The van der Waals surface area contributed by atoms with Crippen LogP contribution in [0.3, 0.4) is 0 Å². The second-order valence-electron chi connectivity index (χ2n) is 9.86. The highest BCUT2D eigenvalue weighted by Crippen LogP contribution is 2.28. The summed E-state index contributed by atoms with van der Waals surface area (Å²) in [5, 5.41) is 10.7. The highest BCUT2D eigenvalue weighted by atomic mass is 19.4. The van der Waals surface area contributed by atoms with Crippen molar-refractivity contribution in [3.05, 3.63) is 35.2 Å². The predicted octanol–water partition coefficient (Wildman–Crippen LogP) is 3.81. The summed E-state index contributed by atoms with van der Waals surface area (Å²) in [4.78, 5) is 19.0. The fourth-order valence-corrected chi connectivity index (χ4v) is 4.93. The van der Waals surface area contributed by atoms with Crippen LogP contribution in [0.1, 0.15) is 62.1 Å². The molecule has 2 aliphatic rings. The molecular formula is C25H34F3N5O3. The standard InChI is InChI=1S/C25H34F3N5O3/c1-16(25(26,27)28)35-23-8-5-19-10-13-33(14-11-21(19)30-23)12-9-18-3-6-20(7-4-18)29-22(34)15-24-32-31-17(2)36-24/h5,8,16,18,20H,3-4,6-7,9-15H2,1-2H3,(H,29,34)/t16-,18-,20-/m0/s1. The Morgan fingerprint density at radius 1 is 1.19 bits per heavy atom. The molecule has 0 unspecified atom stereocenters. The number of halogens is 3. The molecule has 4 rings (SSSR count). The summed E-state index contributed by atoms with van der Waals surface area (Å²) in [5.41, 5.74) is 1.91. The van der Waals surface area contributed by atoms with Gasteiger partial charge >= 0.3 is 6.18 Å². The Labute approximate surface area is 209 Å². The van der Waals surface area contributed by atoms with Crippen LogP contribution in [0.4, 0.5) is 13.2 Å². The lowest BCUT2D eigenvalue weighted by atomic mass is 9.84. The summed E-state index contributed by atoms with van der Waals surface area (Å²) < 4.78 is 48.7. The molecule has 36 heavy (non-hydrogen) atoms. The van der Waals surface area contributed by atoms with Crippen LogP contribution in [-0.2, 0) is 24.1 Å².